The summed E-state index contributed by atoms with van der Waals surface area (Å²) < 4.78 is 26.5. The van der Waals surface area contributed by atoms with Crippen LogP contribution < -0.4 is 0 Å². The number of aromatic amines is 1. The van der Waals surface area contributed by atoms with Gasteiger partial charge in [-0.3, -0.25) is 0 Å². The lowest BCUT2D eigenvalue weighted by Gasteiger charge is -2.35. The quantitative estimate of drug-likeness (QED) is 0.881. The highest BCUT2D eigenvalue weighted by atomic mass is 32.2. The van der Waals surface area contributed by atoms with Crippen LogP contribution in [0.2, 0.25) is 0 Å². The molecule has 2 rings (SSSR count). The normalized spacial score (nSPS) is 25.4. The molecule has 7 heteroatoms. The minimum atomic E-state index is -3.62. The van der Waals surface area contributed by atoms with Gasteiger partial charge in [-0.05, 0) is 31.7 Å². The van der Waals surface area contributed by atoms with Crippen molar-refractivity contribution in [3.63, 3.8) is 0 Å². The van der Waals surface area contributed by atoms with Crippen LogP contribution in [0.15, 0.2) is 17.2 Å². The summed E-state index contributed by atoms with van der Waals surface area (Å²) in [6.45, 7) is 4.39. The standard InChI is InChI=1S/C12H18N2O4S/c1-8-3-4-9(2)14(7-8)19(17,18)10-5-11(12(15)16)13-6-10/h5-6,8-9,13H,3-4,7H2,1-2H3,(H,15,16). The summed E-state index contributed by atoms with van der Waals surface area (Å²) in [6, 6.07) is 1.12. The van der Waals surface area contributed by atoms with Crippen molar-refractivity contribution in [3.8, 4) is 0 Å². The van der Waals surface area contributed by atoms with E-state index in [0.29, 0.717) is 12.5 Å². The molecule has 1 aromatic heterocycles. The number of H-pyrrole nitrogens is 1. The van der Waals surface area contributed by atoms with Crippen LogP contribution in [0.4, 0.5) is 0 Å². The number of hydrogen-bond donors (Lipinski definition) is 2. The summed E-state index contributed by atoms with van der Waals surface area (Å²) >= 11 is 0. The first-order valence-electron chi connectivity index (χ1n) is 6.26. The largest absolute Gasteiger partial charge is 0.477 e. The topological polar surface area (TPSA) is 90.5 Å². The first-order chi connectivity index (χ1) is 8.82. The highest BCUT2D eigenvalue weighted by Gasteiger charge is 2.34. The zero-order valence-electron chi connectivity index (χ0n) is 11.0. The molecule has 0 aliphatic carbocycles. The lowest BCUT2D eigenvalue weighted by atomic mass is 9.97. The third kappa shape index (κ3) is 2.66. The molecule has 0 radical (unpaired) electrons. The summed E-state index contributed by atoms with van der Waals surface area (Å²) in [5.41, 5.74) is -0.115. The number of nitrogens with one attached hydrogen (secondary N) is 1. The van der Waals surface area contributed by atoms with Crippen LogP contribution >= 0.6 is 0 Å². The summed E-state index contributed by atoms with van der Waals surface area (Å²) in [4.78, 5) is 13.3. The predicted molar refractivity (Wildman–Crippen MR) is 69.5 cm³/mol. The van der Waals surface area contributed by atoms with Gasteiger partial charge in [-0.2, -0.15) is 4.31 Å². The van der Waals surface area contributed by atoms with E-state index in [0.717, 1.165) is 12.8 Å². The van der Waals surface area contributed by atoms with Crippen molar-refractivity contribution in [3.05, 3.63) is 18.0 Å². The molecule has 1 fully saturated rings. The highest BCUT2D eigenvalue weighted by Crippen LogP contribution is 2.28. The van der Waals surface area contributed by atoms with Gasteiger partial charge < -0.3 is 10.1 Å². The Morgan fingerprint density at radius 2 is 2.11 bits per heavy atom. The third-order valence-corrected chi connectivity index (χ3v) is 5.51. The minimum absolute atomic E-state index is 0.0193. The van der Waals surface area contributed by atoms with Gasteiger partial charge in [0.1, 0.15) is 10.6 Å². The highest BCUT2D eigenvalue weighted by molar-refractivity contribution is 7.89. The monoisotopic (exact) mass is 286 g/mol. The number of rotatable bonds is 3. The van der Waals surface area contributed by atoms with Crippen LogP contribution in [0, 0.1) is 5.92 Å². The summed E-state index contributed by atoms with van der Waals surface area (Å²) in [6.07, 6.45) is 3.09. The van der Waals surface area contributed by atoms with Gasteiger partial charge in [0.25, 0.3) is 0 Å². The maximum Gasteiger partial charge on any atom is 0.352 e. The minimum Gasteiger partial charge on any atom is -0.477 e. The Morgan fingerprint density at radius 3 is 2.68 bits per heavy atom. The molecule has 1 aliphatic rings. The van der Waals surface area contributed by atoms with E-state index < -0.39 is 16.0 Å². The smallest absolute Gasteiger partial charge is 0.352 e. The van der Waals surface area contributed by atoms with E-state index in [1.807, 2.05) is 13.8 Å². The van der Waals surface area contributed by atoms with Gasteiger partial charge in [0.05, 0.1) is 0 Å². The molecule has 0 amide bonds. The zero-order valence-corrected chi connectivity index (χ0v) is 11.8. The number of aromatic carboxylic acids is 1. The zero-order chi connectivity index (χ0) is 14.2. The number of aromatic nitrogens is 1. The SMILES string of the molecule is CC1CCC(C)N(S(=O)(=O)c2c[nH]c(C(=O)O)c2)C1. The fraction of sp³-hybridized carbons (Fsp3) is 0.583. The number of carboxylic acids is 1. The number of piperidine rings is 1. The van der Waals surface area contributed by atoms with Gasteiger partial charge in [0.2, 0.25) is 10.0 Å². The average molecular weight is 286 g/mol. The number of sulfonamides is 1. The fourth-order valence-electron chi connectivity index (χ4n) is 2.37. The summed E-state index contributed by atoms with van der Waals surface area (Å²) in [5, 5.41) is 8.83. The van der Waals surface area contributed by atoms with Crippen molar-refractivity contribution in [2.24, 2.45) is 5.92 Å². The maximum absolute atomic E-state index is 12.5. The second-order valence-electron chi connectivity index (χ2n) is 5.16. The Kier molecular flexibility index (Phi) is 3.69. The number of carbonyl (C=O) groups is 1. The van der Waals surface area contributed by atoms with E-state index in [-0.39, 0.29) is 16.6 Å². The van der Waals surface area contributed by atoms with E-state index >= 15 is 0 Å². The Bertz CT molecular complexity index is 578. The molecule has 0 saturated carbocycles. The van der Waals surface area contributed by atoms with Gasteiger partial charge >= 0.3 is 5.97 Å². The summed E-state index contributed by atoms with van der Waals surface area (Å²) in [5.74, 6) is -0.842. The maximum atomic E-state index is 12.5. The van der Waals surface area contributed by atoms with Gasteiger partial charge in [-0.25, -0.2) is 13.2 Å². The van der Waals surface area contributed by atoms with E-state index in [2.05, 4.69) is 4.98 Å². The van der Waals surface area contributed by atoms with Crippen LogP contribution in [0.5, 0.6) is 0 Å². The average Bonchev–Trinajstić information content (AvgIpc) is 2.82. The van der Waals surface area contributed by atoms with E-state index in [4.69, 9.17) is 5.11 Å². The van der Waals surface area contributed by atoms with E-state index in [1.54, 1.807) is 0 Å². The molecule has 2 heterocycles. The molecule has 0 bridgehead atoms. The molecule has 2 N–H and O–H groups in total. The third-order valence-electron chi connectivity index (χ3n) is 3.55. The number of carboxylic acid groups (broad SMARTS) is 1. The van der Waals surface area contributed by atoms with Crippen molar-refractivity contribution in [2.45, 2.75) is 37.6 Å². The second kappa shape index (κ2) is 4.97. The van der Waals surface area contributed by atoms with Crippen molar-refractivity contribution in [1.29, 1.82) is 0 Å². The molecule has 106 valence electrons. The van der Waals surface area contributed by atoms with Crippen molar-refractivity contribution >= 4 is 16.0 Å². The second-order valence-corrected chi connectivity index (χ2v) is 7.05. The van der Waals surface area contributed by atoms with Crippen molar-refractivity contribution in [1.82, 2.24) is 9.29 Å². The van der Waals surface area contributed by atoms with Crippen LogP contribution in [0.3, 0.4) is 0 Å². The van der Waals surface area contributed by atoms with Gasteiger partial charge in [-0.15, -0.1) is 0 Å². The molecule has 19 heavy (non-hydrogen) atoms. The van der Waals surface area contributed by atoms with E-state index in [9.17, 15) is 13.2 Å². The molecule has 2 unspecified atom stereocenters. The van der Waals surface area contributed by atoms with Crippen LogP contribution in [0.1, 0.15) is 37.2 Å². The molecule has 1 aliphatic heterocycles. The molecule has 0 aromatic carbocycles. The molecule has 1 saturated heterocycles. The summed E-state index contributed by atoms with van der Waals surface area (Å²) in [7, 11) is -3.62. The Hall–Kier alpha value is -1.34. The Morgan fingerprint density at radius 1 is 1.42 bits per heavy atom. The van der Waals surface area contributed by atoms with Crippen LogP contribution in [0.25, 0.3) is 0 Å². The fourth-order valence-corrected chi connectivity index (χ4v) is 4.14. The first-order valence-corrected chi connectivity index (χ1v) is 7.70. The van der Waals surface area contributed by atoms with Gasteiger partial charge in [0.15, 0.2) is 0 Å². The van der Waals surface area contributed by atoms with Crippen LogP contribution in [-0.2, 0) is 10.0 Å². The lowest BCUT2D eigenvalue weighted by Crippen LogP contribution is -2.44. The molecule has 1 aromatic rings. The first kappa shape index (κ1) is 14.1. The number of hydrogen-bond acceptors (Lipinski definition) is 3. The molecule has 0 spiro atoms. The van der Waals surface area contributed by atoms with Crippen molar-refractivity contribution < 1.29 is 18.3 Å². The van der Waals surface area contributed by atoms with Crippen molar-refractivity contribution in [2.75, 3.05) is 6.54 Å². The van der Waals surface area contributed by atoms with Gasteiger partial charge in [-0.1, -0.05) is 6.92 Å². The van der Waals surface area contributed by atoms with Crippen LogP contribution in [-0.4, -0.2) is 41.4 Å². The molecular formula is C12H18N2O4S. The van der Waals surface area contributed by atoms with E-state index in [1.165, 1.54) is 16.6 Å². The Balaban J connectivity index is 2.32. The number of nitrogens with zero attached hydrogens (tertiary/aromatic N) is 1. The Labute approximate surface area is 112 Å². The lowest BCUT2D eigenvalue weighted by molar-refractivity contribution is 0.0691. The molecular weight excluding hydrogens is 268 g/mol. The predicted octanol–water partition coefficient (Wildman–Crippen LogP) is 1.52. The molecule has 6 nitrogen and oxygen atoms in total. The molecule has 2 atom stereocenters. The van der Waals surface area contributed by atoms with Gasteiger partial charge in [0, 0.05) is 18.8 Å².